The number of fused-ring (bicyclic) bond motifs is 2. The molecule has 0 radical (unpaired) electrons. The van der Waals surface area contributed by atoms with Gasteiger partial charge in [-0.2, -0.15) is 5.10 Å². The first-order valence-corrected chi connectivity index (χ1v) is 17.1. The molecule has 0 atom stereocenters. The van der Waals surface area contributed by atoms with Gasteiger partial charge >= 0.3 is 0 Å². The maximum atomic E-state index is 11.2. The number of nitrogens with one attached hydrogen (secondary N) is 1. The highest BCUT2D eigenvalue weighted by Crippen LogP contribution is 2.36. The predicted molar refractivity (Wildman–Crippen MR) is 173 cm³/mol. The third-order valence-electron chi connectivity index (χ3n) is 8.26. The van der Waals surface area contributed by atoms with Crippen LogP contribution in [0.4, 0.5) is 5.82 Å². The van der Waals surface area contributed by atoms with Gasteiger partial charge in [-0.25, -0.2) is 19.8 Å². The highest BCUT2D eigenvalue weighted by molar-refractivity contribution is 7.96. The van der Waals surface area contributed by atoms with Crippen LogP contribution >= 0.6 is 23.3 Å². The second-order valence-electron chi connectivity index (χ2n) is 11.1. The number of aromatic nitrogens is 4. The van der Waals surface area contributed by atoms with Crippen molar-refractivity contribution in [3.8, 4) is 11.4 Å². The number of hydrogen-bond acceptors (Lipinski definition) is 11. The van der Waals surface area contributed by atoms with Crippen LogP contribution in [0.1, 0.15) is 37.0 Å². The standard InChI is InChI=1S/C30H40N8O3S2/c1-42-37-13-11-35(12-14-37)21-22-19-25-28(43-22)30(36-15-17-41-18-16-36)33-29(32-25)23-7-6-8-26-24(23)20-31-38(26)10-5-3-2-4-9-27(39)34-40/h6-8,19-20,40H,2-5,9-18,21H2,1H3,(H,34,39). The Labute approximate surface area is 260 Å². The van der Waals surface area contributed by atoms with E-state index in [9.17, 15) is 4.79 Å². The van der Waals surface area contributed by atoms with Crippen molar-refractivity contribution in [3.63, 3.8) is 0 Å². The molecule has 2 aliphatic rings. The van der Waals surface area contributed by atoms with Gasteiger partial charge in [0.15, 0.2) is 11.6 Å². The zero-order valence-electron chi connectivity index (χ0n) is 24.7. The number of thiophene rings is 1. The minimum Gasteiger partial charge on any atom is -0.378 e. The number of aryl methyl sites for hydroxylation is 1. The number of hydrogen-bond donors (Lipinski definition) is 2. The van der Waals surface area contributed by atoms with Crippen LogP contribution in [0.25, 0.3) is 32.5 Å². The van der Waals surface area contributed by atoms with E-state index in [2.05, 4.69) is 49.3 Å². The van der Waals surface area contributed by atoms with Crippen LogP contribution in [0.2, 0.25) is 0 Å². The smallest absolute Gasteiger partial charge is 0.243 e. The van der Waals surface area contributed by atoms with Crippen molar-refractivity contribution >= 4 is 56.1 Å². The fourth-order valence-electron chi connectivity index (χ4n) is 5.88. The maximum absolute atomic E-state index is 11.2. The Kier molecular flexibility index (Phi) is 10.1. The quantitative estimate of drug-likeness (QED) is 0.102. The lowest BCUT2D eigenvalue weighted by Crippen LogP contribution is -2.42. The summed E-state index contributed by atoms with van der Waals surface area (Å²) in [7, 11) is 0. The molecule has 230 valence electrons. The molecule has 5 heterocycles. The molecule has 2 saturated heterocycles. The fraction of sp³-hybridized carbons (Fsp3) is 0.533. The molecule has 0 saturated carbocycles. The molecule has 2 N–H and O–H groups in total. The topological polar surface area (TPSA) is 112 Å². The normalized spacial score (nSPS) is 16.8. The van der Waals surface area contributed by atoms with E-state index in [1.54, 1.807) is 5.48 Å². The average Bonchev–Trinajstić information content (AvgIpc) is 3.66. The van der Waals surface area contributed by atoms with Crippen LogP contribution in [-0.2, 0) is 22.6 Å². The predicted octanol–water partition coefficient (Wildman–Crippen LogP) is 4.40. The monoisotopic (exact) mass is 624 g/mol. The molecule has 2 aliphatic heterocycles. The molecule has 0 bridgehead atoms. The highest BCUT2D eigenvalue weighted by atomic mass is 32.2. The van der Waals surface area contributed by atoms with Crippen molar-refractivity contribution in [2.45, 2.75) is 45.2 Å². The van der Waals surface area contributed by atoms with E-state index < -0.39 is 0 Å². The van der Waals surface area contributed by atoms with Gasteiger partial charge in [0.1, 0.15) is 0 Å². The zero-order chi connectivity index (χ0) is 29.6. The van der Waals surface area contributed by atoms with Gasteiger partial charge < -0.3 is 9.64 Å². The minimum absolute atomic E-state index is 0.328. The Balaban J connectivity index is 1.24. The van der Waals surface area contributed by atoms with Crippen LogP contribution in [-0.4, -0.2) is 98.8 Å². The summed E-state index contributed by atoms with van der Waals surface area (Å²) in [6, 6.07) is 8.55. The number of hydroxylamine groups is 1. The number of rotatable bonds is 12. The molecular formula is C30H40N8O3S2. The van der Waals surface area contributed by atoms with Gasteiger partial charge in [0.05, 0.1) is 35.1 Å². The fourth-order valence-corrected chi connectivity index (χ4v) is 7.56. The van der Waals surface area contributed by atoms with Crippen LogP contribution in [0, 0.1) is 0 Å². The number of carbonyl (C=O) groups excluding carboxylic acids is 1. The Morgan fingerprint density at radius 2 is 1.88 bits per heavy atom. The van der Waals surface area contributed by atoms with E-state index >= 15 is 0 Å². The van der Waals surface area contributed by atoms with Gasteiger partial charge in [0, 0.05) is 74.6 Å². The molecule has 1 aromatic carbocycles. The van der Waals surface area contributed by atoms with Crippen LogP contribution in [0.5, 0.6) is 0 Å². The van der Waals surface area contributed by atoms with Crippen molar-refractivity contribution < 1.29 is 14.7 Å². The third-order valence-corrected chi connectivity index (χ3v) is 10.2. The number of morpholine rings is 1. The summed E-state index contributed by atoms with van der Waals surface area (Å²) in [5.74, 6) is 1.41. The minimum atomic E-state index is -0.328. The molecule has 6 rings (SSSR count). The van der Waals surface area contributed by atoms with Gasteiger partial charge in [-0.1, -0.05) is 36.9 Å². The lowest BCUT2D eigenvalue weighted by Gasteiger charge is -2.32. The van der Waals surface area contributed by atoms with E-state index in [0.29, 0.717) is 19.6 Å². The molecule has 13 heteroatoms. The number of piperazine rings is 1. The maximum Gasteiger partial charge on any atom is 0.243 e. The van der Waals surface area contributed by atoms with Crippen molar-refractivity contribution in [2.75, 3.05) is 63.6 Å². The van der Waals surface area contributed by atoms with Crippen LogP contribution in [0.3, 0.4) is 0 Å². The van der Waals surface area contributed by atoms with E-state index in [0.717, 1.165) is 116 Å². The van der Waals surface area contributed by atoms with Gasteiger partial charge in [0.25, 0.3) is 0 Å². The number of amides is 1. The summed E-state index contributed by atoms with van der Waals surface area (Å²) in [5, 5.41) is 14.4. The Bertz CT molecular complexity index is 1530. The van der Waals surface area contributed by atoms with E-state index in [4.69, 9.17) is 25.0 Å². The molecule has 11 nitrogen and oxygen atoms in total. The first-order valence-electron chi connectivity index (χ1n) is 15.2. The first kappa shape index (κ1) is 30.2. The summed E-state index contributed by atoms with van der Waals surface area (Å²) in [4.78, 5) is 27.8. The summed E-state index contributed by atoms with van der Waals surface area (Å²) < 4.78 is 11.3. The highest BCUT2D eigenvalue weighted by Gasteiger charge is 2.23. The Hall–Kier alpha value is -2.81. The number of ether oxygens (including phenoxy) is 1. The number of benzene rings is 1. The third kappa shape index (κ3) is 7.13. The van der Waals surface area contributed by atoms with Crippen LogP contribution in [0.15, 0.2) is 30.5 Å². The SMILES string of the molecule is CSN1CCN(Cc2cc3nc(-c4cccc5c4cnn5CCCCCCC(=O)NO)nc(N4CCOCC4)c3s2)CC1. The molecule has 1 amide bonds. The number of carbonyl (C=O) groups is 1. The molecule has 3 aromatic heterocycles. The lowest BCUT2D eigenvalue weighted by atomic mass is 10.1. The largest absolute Gasteiger partial charge is 0.378 e. The van der Waals surface area contributed by atoms with E-state index in [-0.39, 0.29) is 5.91 Å². The Morgan fingerprint density at radius 3 is 2.67 bits per heavy atom. The van der Waals surface area contributed by atoms with Crippen molar-refractivity contribution in [1.82, 2.24) is 34.4 Å². The van der Waals surface area contributed by atoms with Gasteiger partial charge in [-0.05, 0) is 31.2 Å². The second-order valence-corrected chi connectivity index (χ2v) is 13.1. The summed E-state index contributed by atoms with van der Waals surface area (Å²) in [6.07, 6.45) is 8.11. The van der Waals surface area contributed by atoms with Gasteiger partial charge in [-0.3, -0.25) is 19.6 Å². The molecular weight excluding hydrogens is 585 g/mol. The molecule has 0 unspecified atom stereocenters. The summed E-state index contributed by atoms with van der Waals surface area (Å²) in [6.45, 7) is 9.14. The van der Waals surface area contributed by atoms with Crippen molar-refractivity contribution in [2.24, 2.45) is 0 Å². The molecule has 4 aromatic rings. The first-order chi connectivity index (χ1) is 21.1. The number of unbranched alkanes of at least 4 members (excludes halogenated alkanes) is 3. The van der Waals surface area contributed by atoms with Crippen molar-refractivity contribution in [1.29, 1.82) is 0 Å². The molecule has 2 fully saturated rings. The zero-order valence-corrected chi connectivity index (χ0v) is 26.3. The summed E-state index contributed by atoms with van der Waals surface area (Å²) >= 11 is 3.66. The number of anilines is 1. The van der Waals surface area contributed by atoms with E-state index in [1.807, 2.05) is 29.5 Å². The second kappa shape index (κ2) is 14.3. The van der Waals surface area contributed by atoms with Crippen LogP contribution < -0.4 is 10.4 Å². The summed E-state index contributed by atoms with van der Waals surface area (Å²) in [5.41, 5.74) is 4.77. The molecule has 0 spiro atoms. The lowest BCUT2D eigenvalue weighted by molar-refractivity contribution is -0.129. The molecule has 0 aliphatic carbocycles. The molecule has 43 heavy (non-hydrogen) atoms. The van der Waals surface area contributed by atoms with E-state index in [1.165, 1.54) is 4.88 Å². The van der Waals surface area contributed by atoms with Crippen molar-refractivity contribution in [3.05, 3.63) is 35.3 Å². The van der Waals surface area contributed by atoms with Gasteiger partial charge in [-0.15, -0.1) is 11.3 Å². The van der Waals surface area contributed by atoms with Gasteiger partial charge in [0.2, 0.25) is 5.91 Å². The average molecular weight is 625 g/mol. The Morgan fingerprint density at radius 1 is 1.07 bits per heavy atom. The number of nitrogens with zero attached hydrogens (tertiary/aromatic N) is 7.